The zero-order chi connectivity index (χ0) is 14.1. The van der Waals surface area contributed by atoms with Crippen LogP contribution in [-0.4, -0.2) is 23.2 Å². The predicted octanol–water partition coefficient (Wildman–Crippen LogP) is 1.71. The van der Waals surface area contributed by atoms with E-state index in [4.69, 9.17) is 5.73 Å². The lowest BCUT2D eigenvalue weighted by Crippen LogP contribution is -2.37. The van der Waals surface area contributed by atoms with E-state index < -0.39 is 0 Å². The summed E-state index contributed by atoms with van der Waals surface area (Å²) >= 11 is 1.68. The molecule has 0 fully saturated rings. The first-order chi connectivity index (χ1) is 9.66. The molecule has 102 valence electrons. The number of pyridine rings is 1. The molecule has 2 heterocycles. The number of aromatic amines is 1. The summed E-state index contributed by atoms with van der Waals surface area (Å²) in [6.07, 6.45) is 2.95. The van der Waals surface area contributed by atoms with Crippen molar-refractivity contribution < 1.29 is 4.79 Å². The summed E-state index contributed by atoms with van der Waals surface area (Å²) in [4.78, 5) is 29.7. The van der Waals surface area contributed by atoms with Gasteiger partial charge in [0.25, 0.3) is 5.91 Å². The second-order valence-electron chi connectivity index (χ2n) is 4.45. The molecule has 0 radical (unpaired) electrons. The Bertz CT molecular complexity index is 726. The molecule has 3 N–H and O–H groups in total. The van der Waals surface area contributed by atoms with Gasteiger partial charge in [0.1, 0.15) is 5.56 Å². The van der Waals surface area contributed by atoms with Gasteiger partial charge < -0.3 is 15.6 Å². The summed E-state index contributed by atoms with van der Waals surface area (Å²) in [5.74, 6) is 0.506. The summed E-state index contributed by atoms with van der Waals surface area (Å²) in [6.45, 7) is 0.564. The van der Waals surface area contributed by atoms with Crippen molar-refractivity contribution in [1.82, 2.24) is 4.98 Å². The van der Waals surface area contributed by atoms with E-state index in [-0.39, 0.29) is 16.9 Å². The van der Waals surface area contributed by atoms with Gasteiger partial charge in [-0.25, -0.2) is 0 Å². The van der Waals surface area contributed by atoms with E-state index in [0.29, 0.717) is 12.2 Å². The van der Waals surface area contributed by atoms with Crippen LogP contribution in [0.25, 0.3) is 0 Å². The molecule has 6 heteroatoms. The number of hydrogen-bond acceptors (Lipinski definition) is 4. The highest BCUT2D eigenvalue weighted by molar-refractivity contribution is 7.99. The summed E-state index contributed by atoms with van der Waals surface area (Å²) in [5.41, 5.74) is 7.04. The van der Waals surface area contributed by atoms with E-state index >= 15 is 0 Å². The molecule has 0 bridgehead atoms. The number of fused-ring (bicyclic) bond motifs is 1. The van der Waals surface area contributed by atoms with Gasteiger partial charge in [-0.05, 0) is 18.2 Å². The lowest BCUT2D eigenvalue weighted by atomic mass is 10.2. The Balaban J connectivity index is 2.05. The number of amides is 1. The van der Waals surface area contributed by atoms with Gasteiger partial charge in [-0.3, -0.25) is 9.59 Å². The molecular formula is C14H13N3O2S. The highest BCUT2D eigenvalue weighted by atomic mass is 32.2. The number of hydrogen-bond donors (Lipinski definition) is 2. The number of nitrogen functional groups attached to an aromatic ring is 1. The number of benzene rings is 1. The molecule has 0 unspecified atom stereocenters. The van der Waals surface area contributed by atoms with E-state index in [1.165, 1.54) is 18.5 Å². The van der Waals surface area contributed by atoms with Crippen LogP contribution < -0.4 is 16.1 Å². The maximum absolute atomic E-state index is 12.6. The van der Waals surface area contributed by atoms with Crippen molar-refractivity contribution in [3.8, 4) is 0 Å². The van der Waals surface area contributed by atoms with Gasteiger partial charge in [-0.1, -0.05) is 0 Å². The first-order valence-corrected chi connectivity index (χ1v) is 7.16. The number of nitrogens with zero attached hydrogens (tertiary/aromatic N) is 1. The minimum absolute atomic E-state index is 0.146. The normalized spacial score (nSPS) is 13.9. The second-order valence-corrected chi connectivity index (χ2v) is 5.59. The largest absolute Gasteiger partial charge is 0.399 e. The molecule has 0 saturated carbocycles. The monoisotopic (exact) mass is 287 g/mol. The Morgan fingerprint density at radius 1 is 1.35 bits per heavy atom. The number of thioether (sulfide) groups is 1. The summed E-state index contributed by atoms with van der Waals surface area (Å²) in [6, 6.07) is 6.85. The zero-order valence-corrected chi connectivity index (χ0v) is 11.4. The lowest BCUT2D eigenvalue weighted by molar-refractivity contribution is 0.0986. The number of carbonyl (C=O) groups is 1. The summed E-state index contributed by atoms with van der Waals surface area (Å²) in [5, 5.41) is 0. The van der Waals surface area contributed by atoms with Gasteiger partial charge in [0.05, 0.1) is 5.69 Å². The summed E-state index contributed by atoms with van der Waals surface area (Å²) in [7, 11) is 0. The van der Waals surface area contributed by atoms with E-state index in [1.807, 2.05) is 12.1 Å². The van der Waals surface area contributed by atoms with Crippen molar-refractivity contribution in [2.24, 2.45) is 0 Å². The minimum atomic E-state index is -0.293. The lowest BCUT2D eigenvalue weighted by Gasteiger charge is -2.29. The summed E-state index contributed by atoms with van der Waals surface area (Å²) < 4.78 is 0. The van der Waals surface area contributed by atoms with Gasteiger partial charge in [-0.2, -0.15) is 0 Å². The number of anilines is 2. The molecule has 1 aromatic carbocycles. The topological polar surface area (TPSA) is 79.2 Å². The van der Waals surface area contributed by atoms with Crippen LogP contribution in [0.5, 0.6) is 0 Å². The van der Waals surface area contributed by atoms with Gasteiger partial charge in [0.2, 0.25) is 0 Å². The molecule has 0 saturated heterocycles. The van der Waals surface area contributed by atoms with Crippen LogP contribution in [0.15, 0.2) is 46.3 Å². The third kappa shape index (κ3) is 2.18. The van der Waals surface area contributed by atoms with Crippen LogP contribution >= 0.6 is 11.8 Å². The first kappa shape index (κ1) is 12.8. The van der Waals surface area contributed by atoms with Gasteiger partial charge in [0.15, 0.2) is 5.43 Å². The predicted molar refractivity (Wildman–Crippen MR) is 80.3 cm³/mol. The molecule has 1 aliphatic rings. The van der Waals surface area contributed by atoms with Crippen molar-refractivity contribution >= 4 is 29.0 Å². The fraction of sp³-hybridized carbons (Fsp3) is 0.143. The van der Waals surface area contributed by atoms with Crippen LogP contribution in [0, 0.1) is 0 Å². The highest BCUT2D eigenvalue weighted by Crippen LogP contribution is 2.36. The van der Waals surface area contributed by atoms with Crippen LogP contribution in [-0.2, 0) is 0 Å². The molecule has 1 amide bonds. The van der Waals surface area contributed by atoms with E-state index in [1.54, 1.807) is 22.7 Å². The molecule has 2 aromatic rings. The Morgan fingerprint density at radius 2 is 2.20 bits per heavy atom. The fourth-order valence-electron chi connectivity index (χ4n) is 2.17. The standard InChI is InChI=1S/C14H13N3O2S/c15-9-1-2-13-11(7-9)17(5-6-20-13)14(19)10-8-16-4-3-12(10)18/h1-4,7-8H,5-6,15H2,(H,16,18). The minimum Gasteiger partial charge on any atom is -0.399 e. The van der Waals surface area contributed by atoms with Crippen molar-refractivity contribution in [3.63, 3.8) is 0 Å². The van der Waals surface area contributed by atoms with E-state index in [9.17, 15) is 9.59 Å². The highest BCUT2D eigenvalue weighted by Gasteiger charge is 2.25. The quantitative estimate of drug-likeness (QED) is 0.783. The average Bonchev–Trinajstić information content (AvgIpc) is 2.46. The maximum atomic E-state index is 12.6. The molecular weight excluding hydrogens is 274 g/mol. The van der Waals surface area contributed by atoms with Crippen LogP contribution in [0.4, 0.5) is 11.4 Å². The van der Waals surface area contributed by atoms with Crippen molar-refractivity contribution in [3.05, 3.63) is 52.4 Å². The molecule has 20 heavy (non-hydrogen) atoms. The molecule has 3 rings (SSSR count). The number of nitrogens with one attached hydrogen (secondary N) is 1. The average molecular weight is 287 g/mol. The first-order valence-electron chi connectivity index (χ1n) is 6.18. The number of nitrogens with two attached hydrogens (primary N) is 1. The smallest absolute Gasteiger partial charge is 0.263 e. The zero-order valence-electron chi connectivity index (χ0n) is 10.6. The van der Waals surface area contributed by atoms with Crippen molar-refractivity contribution in [2.45, 2.75) is 4.90 Å². The van der Waals surface area contributed by atoms with Crippen LogP contribution in [0.2, 0.25) is 0 Å². The van der Waals surface area contributed by atoms with Crippen molar-refractivity contribution in [2.75, 3.05) is 22.9 Å². The Morgan fingerprint density at radius 3 is 3.00 bits per heavy atom. The molecule has 1 aromatic heterocycles. The third-order valence-electron chi connectivity index (χ3n) is 3.15. The Hall–Kier alpha value is -2.21. The van der Waals surface area contributed by atoms with Gasteiger partial charge in [-0.15, -0.1) is 11.8 Å². The maximum Gasteiger partial charge on any atom is 0.263 e. The molecule has 0 aliphatic carbocycles. The number of carbonyl (C=O) groups excluding carboxylic acids is 1. The number of H-pyrrole nitrogens is 1. The van der Waals surface area contributed by atoms with Crippen LogP contribution in [0.3, 0.4) is 0 Å². The van der Waals surface area contributed by atoms with Gasteiger partial charge in [0, 0.05) is 41.3 Å². The third-order valence-corrected chi connectivity index (χ3v) is 4.19. The molecule has 5 nitrogen and oxygen atoms in total. The van der Waals surface area contributed by atoms with E-state index in [2.05, 4.69) is 4.98 Å². The molecule has 0 spiro atoms. The molecule has 0 atom stereocenters. The van der Waals surface area contributed by atoms with Crippen molar-refractivity contribution in [1.29, 1.82) is 0 Å². The SMILES string of the molecule is Nc1ccc2c(c1)N(C(=O)c1c[nH]ccc1=O)CCS2. The van der Waals surface area contributed by atoms with Crippen LogP contribution in [0.1, 0.15) is 10.4 Å². The number of rotatable bonds is 1. The number of aromatic nitrogens is 1. The second kappa shape index (κ2) is 5.05. The Kier molecular flexibility index (Phi) is 3.23. The van der Waals surface area contributed by atoms with Gasteiger partial charge >= 0.3 is 0 Å². The molecule has 1 aliphatic heterocycles. The Labute approximate surface area is 119 Å². The van der Waals surface area contributed by atoms with E-state index in [0.717, 1.165) is 16.3 Å². The fourth-order valence-corrected chi connectivity index (χ4v) is 3.15.